The molecule has 0 saturated heterocycles. The minimum Gasteiger partial charge on any atom is -0.370 e. The number of rotatable bonds is 3. The molecule has 1 amide bonds. The molecule has 0 spiro atoms. The highest BCUT2D eigenvalue weighted by molar-refractivity contribution is 5.73. The van der Waals surface area contributed by atoms with Gasteiger partial charge in [-0.15, -0.1) is 0 Å². The summed E-state index contributed by atoms with van der Waals surface area (Å²) in [6.07, 6.45) is 0.912. The quantitative estimate of drug-likeness (QED) is 0.555. The van der Waals surface area contributed by atoms with E-state index >= 15 is 0 Å². The Bertz CT molecular complexity index is 390. The normalized spacial score (nSPS) is 9.85. The van der Waals surface area contributed by atoms with Gasteiger partial charge in [0.25, 0.3) is 5.56 Å². The molecular weight excluding hydrogens is 176 g/mol. The molecule has 1 aromatic heterocycles. The van der Waals surface area contributed by atoms with Gasteiger partial charge in [0.2, 0.25) is 5.91 Å². The van der Waals surface area contributed by atoms with Crippen LogP contribution in [0.3, 0.4) is 0 Å². The van der Waals surface area contributed by atoms with Crippen LogP contribution in [0.5, 0.6) is 0 Å². The summed E-state index contributed by atoms with van der Waals surface area (Å²) in [6, 6.07) is 0. The number of carbonyl (C=O) groups excluding carboxylic acids is 1. The standard InChI is InChI=1S/C6H8N4O3/c7-4(11)1-2-10-5(12)3-8-9-6(10)13/h3H,1-2H2,(H2,7,11)(H,9,13). The fourth-order valence-electron chi connectivity index (χ4n) is 0.807. The second kappa shape index (κ2) is 3.65. The Hall–Kier alpha value is -1.92. The second-order valence-corrected chi connectivity index (χ2v) is 2.38. The highest BCUT2D eigenvalue weighted by Gasteiger charge is 2.01. The zero-order valence-electron chi connectivity index (χ0n) is 6.69. The van der Waals surface area contributed by atoms with E-state index < -0.39 is 17.2 Å². The molecule has 0 aliphatic carbocycles. The van der Waals surface area contributed by atoms with Gasteiger partial charge in [0, 0.05) is 13.0 Å². The van der Waals surface area contributed by atoms with Crippen LogP contribution in [0, 0.1) is 0 Å². The van der Waals surface area contributed by atoms with Gasteiger partial charge in [-0.05, 0) is 0 Å². The summed E-state index contributed by atoms with van der Waals surface area (Å²) in [5, 5.41) is 5.35. The van der Waals surface area contributed by atoms with E-state index in [1.54, 1.807) is 0 Å². The van der Waals surface area contributed by atoms with E-state index in [2.05, 4.69) is 10.2 Å². The van der Waals surface area contributed by atoms with E-state index in [0.29, 0.717) is 0 Å². The van der Waals surface area contributed by atoms with Crippen molar-refractivity contribution in [2.24, 2.45) is 5.73 Å². The SMILES string of the molecule is NC(=O)CCn1c(=O)cn[nH]c1=O. The summed E-state index contributed by atoms with van der Waals surface area (Å²) in [5.41, 5.74) is 3.66. The number of nitrogens with two attached hydrogens (primary N) is 1. The summed E-state index contributed by atoms with van der Waals surface area (Å²) >= 11 is 0. The van der Waals surface area contributed by atoms with Gasteiger partial charge in [0.15, 0.2) is 0 Å². The highest BCUT2D eigenvalue weighted by Crippen LogP contribution is 1.78. The number of aromatic amines is 1. The van der Waals surface area contributed by atoms with Gasteiger partial charge in [0.05, 0.1) is 0 Å². The van der Waals surface area contributed by atoms with Gasteiger partial charge in [-0.3, -0.25) is 14.2 Å². The Morgan fingerprint density at radius 2 is 2.31 bits per heavy atom. The van der Waals surface area contributed by atoms with Crippen LogP contribution in [0.4, 0.5) is 0 Å². The van der Waals surface area contributed by atoms with Gasteiger partial charge in [-0.1, -0.05) is 0 Å². The zero-order chi connectivity index (χ0) is 9.84. The molecule has 7 heteroatoms. The van der Waals surface area contributed by atoms with Crippen molar-refractivity contribution in [2.45, 2.75) is 13.0 Å². The van der Waals surface area contributed by atoms with Crippen molar-refractivity contribution in [3.8, 4) is 0 Å². The third kappa shape index (κ3) is 2.26. The number of hydrogen-bond acceptors (Lipinski definition) is 4. The average molecular weight is 184 g/mol. The molecule has 0 aliphatic heterocycles. The molecule has 0 unspecified atom stereocenters. The molecule has 0 saturated carbocycles. The lowest BCUT2D eigenvalue weighted by atomic mass is 10.4. The van der Waals surface area contributed by atoms with E-state index in [1.807, 2.05) is 0 Å². The lowest BCUT2D eigenvalue weighted by Crippen LogP contribution is -2.36. The molecule has 0 atom stereocenters. The summed E-state index contributed by atoms with van der Waals surface area (Å²) in [7, 11) is 0. The van der Waals surface area contributed by atoms with E-state index in [4.69, 9.17) is 5.73 Å². The zero-order valence-corrected chi connectivity index (χ0v) is 6.69. The van der Waals surface area contributed by atoms with E-state index in [9.17, 15) is 14.4 Å². The summed E-state index contributed by atoms with van der Waals surface area (Å²) in [4.78, 5) is 32.3. The van der Waals surface area contributed by atoms with Crippen LogP contribution < -0.4 is 17.0 Å². The lowest BCUT2D eigenvalue weighted by molar-refractivity contribution is -0.118. The average Bonchev–Trinajstić information content (AvgIpc) is 2.03. The Labute approximate surface area is 72.2 Å². The van der Waals surface area contributed by atoms with Gasteiger partial charge in [-0.2, -0.15) is 5.10 Å². The van der Waals surface area contributed by atoms with Crippen molar-refractivity contribution in [3.63, 3.8) is 0 Å². The fourth-order valence-corrected chi connectivity index (χ4v) is 0.807. The molecule has 0 bridgehead atoms. The van der Waals surface area contributed by atoms with Crippen LogP contribution in [0.2, 0.25) is 0 Å². The smallest absolute Gasteiger partial charge is 0.344 e. The predicted octanol–water partition coefficient (Wildman–Crippen LogP) is -2.19. The molecule has 0 aromatic carbocycles. The van der Waals surface area contributed by atoms with Crippen molar-refractivity contribution in [3.05, 3.63) is 27.0 Å². The Morgan fingerprint density at radius 3 is 2.85 bits per heavy atom. The van der Waals surface area contributed by atoms with E-state index in [1.165, 1.54) is 0 Å². The molecule has 0 fully saturated rings. The van der Waals surface area contributed by atoms with Gasteiger partial charge < -0.3 is 5.73 Å². The molecule has 1 aromatic rings. The number of H-pyrrole nitrogens is 1. The second-order valence-electron chi connectivity index (χ2n) is 2.38. The molecule has 13 heavy (non-hydrogen) atoms. The number of nitrogens with zero attached hydrogens (tertiary/aromatic N) is 2. The van der Waals surface area contributed by atoms with Crippen molar-refractivity contribution in [1.82, 2.24) is 14.8 Å². The Balaban J connectivity index is 2.94. The van der Waals surface area contributed by atoms with Crippen molar-refractivity contribution in [1.29, 1.82) is 0 Å². The molecule has 7 nitrogen and oxygen atoms in total. The van der Waals surface area contributed by atoms with Crippen LogP contribution in [0.1, 0.15) is 6.42 Å². The Kier molecular flexibility index (Phi) is 2.58. The van der Waals surface area contributed by atoms with Crippen LogP contribution >= 0.6 is 0 Å². The largest absolute Gasteiger partial charge is 0.370 e. The monoisotopic (exact) mass is 184 g/mol. The maximum absolute atomic E-state index is 11.0. The molecule has 70 valence electrons. The molecule has 1 heterocycles. The number of carbonyl (C=O) groups is 1. The summed E-state index contributed by atoms with van der Waals surface area (Å²) in [6.45, 7) is -0.0218. The first-order valence-corrected chi connectivity index (χ1v) is 3.54. The number of primary amides is 1. The molecule has 1 rings (SSSR count). The van der Waals surface area contributed by atoms with Gasteiger partial charge >= 0.3 is 5.69 Å². The third-order valence-electron chi connectivity index (χ3n) is 1.43. The maximum atomic E-state index is 11.0. The minimum atomic E-state index is -0.645. The molecule has 3 N–H and O–H groups in total. The fraction of sp³-hybridized carbons (Fsp3) is 0.333. The van der Waals surface area contributed by atoms with Crippen LogP contribution in [0.25, 0.3) is 0 Å². The van der Waals surface area contributed by atoms with Crippen LogP contribution in [-0.4, -0.2) is 20.7 Å². The Morgan fingerprint density at radius 1 is 1.62 bits per heavy atom. The highest BCUT2D eigenvalue weighted by atomic mass is 16.2. The number of hydrogen-bond donors (Lipinski definition) is 2. The van der Waals surface area contributed by atoms with Gasteiger partial charge in [-0.25, -0.2) is 9.89 Å². The van der Waals surface area contributed by atoms with Crippen molar-refractivity contribution >= 4 is 5.91 Å². The number of amides is 1. The summed E-state index contributed by atoms with van der Waals surface area (Å²) < 4.78 is 0.859. The predicted molar refractivity (Wildman–Crippen MR) is 42.9 cm³/mol. The number of nitrogens with one attached hydrogen (secondary N) is 1. The maximum Gasteiger partial charge on any atom is 0.344 e. The topological polar surface area (TPSA) is 111 Å². The number of aromatic nitrogens is 3. The molecule has 0 radical (unpaired) electrons. The van der Waals surface area contributed by atoms with E-state index in [0.717, 1.165) is 10.8 Å². The lowest BCUT2D eigenvalue weighted by Gasteiger charge is -1.99. The molecule has 0 aliphatic rings. The van der Waals surface area contributed by atoms with Crippen molar-refractivity contribution in [2.75, 3.05) is 0 Å². The van der Waals surface area contributed by atoms with Gasteiger partial charge in [0.1, 0.15) is 6.20 Å². The molecular formula is C6H8N4O3. The minimum absolute atomic E-state index is 0.0218. The van der Waals surface area contributed by atoms with Crippen LogP contribution in [-0.2, 0) is 11.3 Å². The van der Waals surface area contributed by atoms with Crippen molar-refractivity contribution < 1.29 is 4.79 Å². The summed E-state index contributed by atoms with van der Waals surface area (Å²) in [5.74, 6) is -0.567. The van der Waals surface area contributed by atoms with Crippen LogP contribution in [0.15, 0.2) is 15.8 Å². The first-order valence-electron chi connectivity index (χ1n) is 3.54. The third-order valence-corrected chi connectivity index (χ3v) is 1.43. The first-order chi connectivity index (χ1) is 6.11. The van der Waals surface area contributed by atoms with E-state index in [-0.39, 0.29) is 13.0 Å². The first kappa shape index (κ1) is 9.17.